The van der Waals surface area contributed by atoms with Crippen LogP contribution in [0.1, 0.15) is 33.1 Å². The Hall–Kier alpha value is -0.0800. The molecule has 2 nitrogen and oxygen atoms in total. The molecule has 0 radical (unpaired) electrons. The third kappa shape index (κ3) is 3.28. The van der Waals surface area contributed by atoms with E-state index in [1.165, 1.54) is 19.3 Å². The molecule has 0 aromatic rings. The lowest BCUT2D eigenvalue weighted by Crippen LogP contribution is -2.34. The maximum atomic E-state index is 5.17. The van der Waals surface area contributed by atoms with Gasteiger partial charge in [0.1, 0.15) is 0 Å². The molecule has 0 spiro atoms. The first-order valence-electron chi connectivity index (χ1n) is 5.42. The van der Waals surface area contributed by atoms with E-state index in [-0.39, 0.29) is 0 Å². The zero-order valence-electron chi connectivity index (χ0n) is 9.23. The second-order valence-corrected chi connectivity index (χ2v) is 4.45. The van der Waals surface area contributed by atoms with Crippen molar-refractivity contribution in [2.75, 3.05) is 26.8 Å². The van der Waals surface area contributed by atoms with Crippen LogP contribution in [-0.4, -0.2) is 26.8 Å². The number of nitrogens with one attached hydrogen (secondary N) is 1. The van der Waals surface area contributed by atoms with Gasteiger partial charge < -0.3 is 10.1 Å². The SMILES string of the molecule is CCNCC(C)(CCOC)C1CC1. The molecule has 0 aromatic carbocycles. The van der Waals surface area contributed by atoms with Gasteiger partial charge in [-0.25, -0.2) is 0 Å². The Bertz CT molecular complexity index is 135. The van der Waals surface area contributed by atoms with Gasteiger partial charge >= 0.3 is 0 Å². The summed E-state index contributed by atoms with van der Waals surface area (Å²) in [5.74, 6) is 0.946. The van der Waals surface area contributed by atoms with Crippen LogP contribution < -0.4 is 5.32 Å². The third-order valence-corrected chi connectivity index (χ3v) is 3.22. The summed E-state index contributed by atoms with van der Waals surface area (Å²) in [6.45, 7) is 7.70. The Morgan fingerprint density at radius 2 is 2.15 bits per heavy atom. The maximum Gasteiger partial charge on any atom is 0.0468 e. The van der Waals surface area contributed by atoms with Crippen LogP contribution in [0.15, 0.2) is 0 Å². The Morgan fingerprint density at radius 1 is 1.46 bits per heavy atom. The summed E-state index contributed by atoms with van der Waals surface area (Å²) >= 11 is 0. The van der Waals surface area contributed by atoms with Gasteiger partial charge in [-0.1, -0.05) is 13.8 Å². The van der Waals surface area contributed by atoms with Crippen LogP contribution in [0, 0.1) is 11.3 Å². The highest BCUT2D eigenvalue weighted by molar-refractivity contribution is 4.92. The summed E-state index contributed by atoms with van der Waals surface area (Å²) in [6, 6.07) is 0. The normalized spacial score (nSPS) is 21.5. The summed E-state index contributed by atoms with van der Waals surface area (Å²) in [7, 11) is 1.79. The second-order valence-electron chi connectivity index (χ2n) is 4.45. The van der Waals surface area contributed by atoms with Crippen molar-refractivity contribution in [2.24, 2.45) is 11.3 Å². The van der Waals surface area contributed by atoms with Gasteiger partial charge in [-0.15, -0.1) is 0 Å². The smallest absolute Gasteiger partial charge is 0.0468 e. The minimum atomic E-state index is 0.478. The standard InChI is InChI=1S/C11H23NO/c1-4-12-9-11(2,7-8-13-3)10-5-6-10/h10,12H,4-9H2,1-3H3. The molecule has 1 aliphatic rings. The highest BCUT2D eigenvalue weighted by atomic mass is 16.5. The van der Waals surface area contributed by atoms with E-state index in [1.807, 2.05) is 0 Å². The second kappa shape index (κ2) is 4.97. The molecule has 2 heteroatoms. The Balaban J connectivity index is 2.32. The van der Waals surface area contributed by atoms with Crippen LogP contribution >= 0.6 is 0 Å². The van der Waals surface area contributed by atoms with Crippen molar-refractivity contribution in [1.29, 1.82) is 0 Å². The van der Waals surface area contributed by atoms with Crippen LogP contribution in [0.3, 0.4) is 0 Å². The molecule has 0 aromatic heterocycles. The van der Waals surface area contributed by atoms with Crippen molar-refractivity contribution in [3.8, 4) is 0 Å². The van der Waals surface area contributed by atoms with Crippen molar-refractivity contribution in [1.82, 2.24) is 5.32 Å². The fourth-order valence-corrected chi connectivity index (χ4v) is 1.96. The lowest BCUT2D eigenvalue weighted by atomic mass is 9.81. The first kappa shape index (κ1) is 11.0. The van der Waals surface area contributed by atoms with Crippen LogP contribution in [0.4, 0.5) is 0 Å². The summed E-state index contributed by atoms with van der Waals surface area (Å²) in [4.78, 5) is 0. The molecule has 1 rings (SSSR count). The zero-order chi connectivity index (χ0) is 9.73. The zero-order valence-corrected chi connectivity index (χ0v) is 9.23. The molecule has 78 valence electrons. The van der Waals surface area contributed by atoms with Gasteiger partial charge in [0.05, 0.1) is 0 Å². The topological polar surface area (TPSA) is 21.3 Å². The van der Waals surface area contributed by atoms with E-state index in [0.717, 1.165) is 25.6 Å². The van der Waals surface area contributed by atoms with Gasteiger partial charge in [-0.05, 0) is 37.1 Å². The van der Waals surface area contributed by atoms with Gasteiger partial charge in [0.25, 0.3) is 0 Å². The van der Waals surface area contributed by atoms with Crippen molar-refractivity contribution < 1.29 is 4.74 Å². The van der Waals surface area contributed by atoms with Gasteiger partial charge in [-0.2, -0.15) is 0 Å². The van der Waals surface area contributed by atoms with E-state index < -0.39 is 0 Å². The molecule has 1 N–H and O–H groups in total. The summed E-state index contributed by atoms with van der Waals surface area (Å²) in [6.07, 6.45) is 4.04. The number of methoxy groups -OCH3 is 1. The highest BCUT2D eigenvalue weighted by Crippen LogP contribution is 2.47. The molecule has 1 atom stereocenters. The molecule has 13 heavy (non-hydrogen) atoms. The number of ether oxygens (including phenoxy) is 1. The summed E-state index contributed by atoms with van der Waals surface area (Å²) < 4.78 is 5.17. The van der Waals surface area contributed by atoms with E-state index in [4.69, 9.17) is 4.74 Å². The van der Waals surface area contributed by atoms with E-state index >= 15 is 0 Å². The molecule has 0 aliphatic heterocycles. The molecule has 1 unspecified atom stereocenters. The average molecular weight is 185 g/mol. The van der Waals surface area contributed by atoms with Crippen LogP contribution in [0.5, 0.6) is 0 Å². The lowest BCUT2D eigenvalue weighted by molar-refractivity contribution is 0.129. The quantitative estimate of drug-likeness (QED) is 0.655. The number of hydrogen-bond acceptors (Lipinski definition) is 2. The number of rotatable bonds is 7. The van der Waals surface area contributed by atoms with Crippen LogP contribution in [-0.2, 0) is 4.74 Å². The maximum absolute atomic E-state index is 5.17. The molecule has 0 heterocycles. The molecular formula is C11H23NO. The summed E-state index contributed by atoms with van der Waals surface area (Å²) in [5.41, 5.74) is 0.478. The number of hydrogen-bond donors (Lipinski definition) is 1. The highest BCUT2D eigenvalue weighted by Gasteiger charge is 2.40. The predicted molar refractivity (Wildman–Crippen MR) is 55.9 cm³/mol. The van der Waals surface area contributed by atoms with Crippen molar-refractivity contribution in [3.05, 3.63) is 0 Å². The van der Waals surface area contributed by atoms with E-state index in [2.05, 4.69) is 19.2 Å². The minimum Gasteiger partial charge on any atom is -0.385 e. The first-order chi connectivity index (χ1) is 6.23. The van der Waals surface area contributed by atoms with Crippen molar-refractivity contribution in [2.45, 2.75) is 33.1 Å². The lowest BCUT2D eigenvalue weighted by Gasteiger charge is -2.29. The van der Waals surface area contributed by atoms with E-state index in [0.29, 0.717) is 5.41 Å². The molecule has 0 saturated heterocycles. The molecular weight excluding hydrogens is 162 g/mol. The van der Waals surface area contributed by atoms with Crippen LogP contribution in [0.25, 0.3) is 0 Å². The third-order valence-electron chi connectivity index (χ3n) is 3.22. The fraction of sp³-hybridized carbons (Fsp3) is 1.00. The monoisotopic (exact) mass is 185 g/mol. The summed E-state index contributed by atoms with van der Waals surface area (Å²) in [5, 5.41) is 3.46. The molecule has 0 bridgehead atoms. The minimum absolute atomic E-state index is 0.478. The molecule has 1 aliphatic carbocycles. The van der Waals surface area contributed by atoms with Gasteiger partial charge in [0, 0.05) is 20.3 Å². The van der Waals surface area contributed by atoms with Crippen LogP contribution in [0.2, 0.25) is 0 Å². The predicted octanol–water partition coefficient (Wildman–Crippen LogP) is 2.05. The first-order valence-corrected chi connectivity index (χ1v) is 5.42. The molecule has 0 amide bonds. The Labute approximate surface area is 82.0 Å². The van der Waals surface area contributed by atoms with Gasteiger partial charge in [0.2, 0.25) is 0 Å². The molecule has 1 saturated carbocycles. The molecule has 1 fully saturated rings. The van der Waals surface area contributed by atoms with Crippen molar-refractivity contribution in [3.63, 3.8) is 0 Å². The van der Waals surface area contributed by atoms with Gasteiger partial charge in [-0.3, -0.25) is 0 Å². The Morgan fingerprint density at radius 3 is 2.62 bits per heavy atom. The van der Waals surface area contributed by atoms with Gasteiger partial charge in [0.15, 0.2) is 0 Å². The van der Waals surface area contributed by atoms with E-state index in [9.17, 15) is 0 Å². The average Bonchev–Trinajstić information content (AvgIpc) is 2.94. The largest absolute Gasteiger partial charge is 0.385 e. The van der Waals surface area contributed by atoms with Crippen molar-refractivity contribution >= 4 is 0 Å². The fourth-order valence-electron chi connectivity index (χ4n) is 1.96. The Kier molecular flexibility index (Phi) is 4.20. The van der Waals surface area contributed by atoms with E-state index in [1.54, 1.807) is 7.11 Å².